The van der Waals surface area contributed by atoms with Crippen molar-refractivity contribution in [1.82, 2.24) is 0 Å². The topological polar surface area (TPSA) is 105 Å². The van der Waals surface area contributed by atoms with Crippen molar-refractivity contribution < 1.29 is 19.3 Å². The molecule has 8 nitrogen and oxygen atoms in total. The van der Waals surface area contributed by atoms with Crippen LogP contribution in [0.5, 0.6) is 0 Å². The summed E-state index contributed by atoms with van der Waals surface area (Å²) < 4.78 is 9.80. The Bertz CT molecular complexity index is 249. The van der Waals surface area contributed by atoms with E-state index in [1.807, 2.05) is 0 Å². The van der Waals surface area contributed by atoms with Gasteiger partial charge in [0.25, 0.3) is 0 Å². The standard InChI is InChI=1S/C6H10N2O6/c1-5(2)13-3-6(4-14-5,7(9)10)8(11)12/h3-4H2,1-2H3. The van der Waals surface area contributed by atoms with Crippen LogP contribution >= 0.6 is 0 Å². The summed E-state index contributed by atoms with van der Waals surface area (Å²) in [5, 5.41) is 21.1. The van der Waals surface area contributed by atoms with Crippen LogP contribution in [0, 0.1) is 20.2 Å². The molecule has 14 heavy (non-hydrogen) atoms. The molecule has 0 amide bonds. The SMILES string of the molecule is CC1(C)OCC([N+](=O)[O-])([N+](=O)[O-])CO1. The van der Waals surface area contributed by atoms with Crippen molar-refractivity contribution in [2.24, 2.45) is 0 Å². The third-order valence-corrected chi connectivity index (χ3v) is 1.98. The van der Waals surface area contributed by atoms with E-state index in [0.29, 0.717) is 0 Å². The van der Waals surface area contributed by atoms with Gasteiger partial charge in [-0.3, -0.25) is 20.2 Å². The molecule has 0 bridgehead atoms. The fourth-order valence-electron chi connectivity index (χ4n) is 0.940. The highest BCUT2D eigenvalue weighted by molar-refractivity contribution is 4.74. The monoisotopic (exact) mass is 206 g/mol. The first kappa shape index (κ1) is 10.8. The van der Waals surface area contributed by atoms with E-state index in [-0.39, 0.29) is 0 Å². The molecule has 0 aliphatic carbocycles. The maximum absolute atomic E-state index is 10.5. The maximum atomic E-state index is 10.5. The average Bonchev–Trinajstić information content (AvgIpc) is 2.03. The molecule has 0 aromatic carbocycles. The molecule has 80 valence electrons. The number of hydrogen-bond acceptors (Lipinski definition) is 6. The molecule has 1 aliphatic rings. The highest BCUT2D eigenvalue weighted by atomic mass is 16.7. The van der Waals surface area contributed by atoms with Crippen molar-refractivity contribution >= 4 is 0 Å². The Labute approximate surface area is 79.1 Å². The van der Waals surface area contributed by atoms with Gasteiger partial charge >= 0.3 is 5.66 Å². The fourth-order valence-corrected chi connectivity index (χ4v) is 0.940. The zero-order valence-corrected chi connectivity index (χ0v) is 7.76. The van der Waals surface area contributed by atoms with E-state index >= 15 is 0 Å². The first-order valence-electron chi connectivity index (χ1n) is 3.87. The molecule has 1 saturated heterocycles. The molecule has 0 spiro atoms. The second-order valence-corrected chi connectivity index (χ2v) is 3.47. The van der Waals surface area contributed by atoms with Crippen molar-refractivity contribution in [3.8, 4) is 0 Å². The number of ether oxygens (including phenoxy) is 2. The lowest BCUT2D eigenvalue weighted by Gasteiger charge is -2.32. The lowest BCUT2D eigenvalue weighted by atomic mass is 10.2. The minimum atomic E-state index is -2.37. The summed E-state index contributed by atoms with van der Waals surface area (Å²) in [4.78, 5) is 19.1. The minimum absolute atomic E-state index is 0.583. The van der Waals surface area contributed by atoms with Gasteiger partial charge in [-0.05, 0) is 13.8 Å². The van der Waals surface area contributed by atoms with Gasteiger partial charge in [0, 0.05) is 0 Å². The van der Waals surface area contributed by atoms with Crippen molar-refractivity contribution in [3.05, 3.63) is 20.2 Å². The molecule has 0 N–H and O–H groups in total. The van der Waals surface area contributed by atoms with E-state index < -0.39 is 34.5 Å². The van der Waals surface area contributed by atoms with E-state index in [1.165, 1.54) is 13.8 Å². The Morgan fingerprint density at radius 1 is 1.07 bits per heavy atom. The Hall–Kier alpha value is -1.28. The molecule has 0 unspecified atom stereocenters. The van der Waals surface area contributed by atoms with Crippen LogP contribution in [0.2, 0.25) is 0 Å². The molecule has 1 heterocycles. The van der Waals surface area contributed by atoms with Crippen LogP contribution in [0.4, 0.5) is 0 Å². The highest BCUT2D eigenvalue weighted by Gasteiger charge is 2.61. The van der Waals surface area contributed by atoms with Crippen LogP contribution in [-0.4, -0.2) is 34.5 Å². The molecular formula is C6H10N2O6. The summed E-state index contributed by atoms with van der Waals surface area (Å²) in [6, 6.07) is 0. The Morgan fingerprint density at radius 2 is 1.43 bits per heavy atom. The van der Waals surface area contributed by atoms with Gasteiger partial charge in [-0.1, -0.05) is 0 Å². The summed E-state index contributed by atoms with van der Waals surface area (Å²) in [7, 11) is 0. The van der Waals surface area contributed by atoms with Crippen LogP contribution < -0.4 is 0 Å². The predicted octanol–water partition coefficient (Wildman–Crippen LogP) is 0.0190. The van der Waals surface area contributed by atoms with E-state index in [2.05, 4.69) is 0 Å². The van der Waals surface area contributed by atoms with Gasteiger partial charge in [-0.25, -0.2) is 0 Å². The van der Waals surface area contributed by atoms with E-state index in [9.17, 15) is 20.2 Å². The molecule has 0 aromatic rings. The highest BCUT2D eigenvalue weighted by Crippen LogP contribution is 2.25. The molecule has 0 radical (unpaired) electrons. The number of nitro groups is 2. The molecular weight excluding hydrogens is 196 g/mol. The lowest BCUT2D eigenvalue weighted by Crippen LogP contribution is -2.60. The van der Waals surface area contributed by atoms with Crippen LogP contribution in [0.3, 0.4) is 0 Å². The number of nitrogens with zero attached hydrogens (tertiary/aromatic N) is 2. The summed E-state index contributed by atoms with van der Waals surface area (Å²) in [5.41, 5.74) is -2.37. The predicted molar refractivity (Wildman–Crippen MR) is 42.7 cm³/mol. The maximum Gasteiger partial charge on any atom is 0.503 e. The molecule has 0 aromatic heterocycles. The van der Waals surface area contributed by atoms with Crippen molar-refractivity contribution in [3.63, 3.8) is 0 Å². The van der Waals surface area contributed by atoms with Gasteiger partial charge in [0.15, 0.2) is 19.0 Å². The van der Waals surface area contributed by atoms with Crippen LogP contribution in [-0.2, 0) is 9.47 Å². The van der Waals surface area contributed by atoms with Gasteiger partial charge in [-0.2, -0.15) is 0 Å². The Morgan fingerprint density at radius 3 is 1.71 bits per heavy atom. The summed E-state index contributed by atoms with van der Waals surface area (Å²) >= 11 is 0. The average molecular weight is 206 g/mol. The summed E-state index contributed by atoms with van der Waals surface area (Å²) in [6.45, 7) is 1.91. The van der Waals surface area contributed by atoms with Crippen molar-refractivity contribution in [2.75, 3.05) is 13.2 Å². The number of hydrogen-bond donors (Lipinski definition) is 0. The van der Waals surface area contributed by atoms with Gasteiger partial charge in [0.2, 0.25) is 0 Å². The van der Waals surface area contributed by atoms with Gasteiger partial charge < -0.3 is 9.47 Å². The molecule has 1 fully saturated rings. The van der Waals surface area contributed by atoms with Crippen LogP contribution in [0.25, 0.3) is 0 Å². The third kappa shape index (κ3) is 1.66. The van der Waals surface area contributed by atoms with Gasteiger partial charge in [0.1, 0.15) is 9.85 Å². The fraction of sp³-hybridized carbons (Fsp3) is 1.00. The largest absolute Gasteiger partial charge is 0.503 e. The van der Waals surface area contributed by atoms with Crippen LogP contribution in [0.1, 0.15) is 13.8 Å². The first-order chi connectivity index (χ1) is 6.30. The van der Waals surface area contributed by atoms with E-state index in [0.717, 1.165) is 0 Å². The molecule has 0 saturated carbocycles. The van der Waals surface area contributed by atoms with Gasteiger partial charge in [-0.15, -0.1) is 0 Å². The molecule has 8 heteroatoms. The van der Waals surface area contributed by atoms with Crippen molar-refractivity contribution in [1.29, 1.82) is 0 Å². The van der Waals surface area contributed by atoms with E-state index in [1.54, 1.807) is 0 Å². The Kier molecular flexibility index (Phi) is 2.42. The van der Waals surface area contributed by atoms with E-state index in [4.69, 9.17) is 9.47 Å². The number of rotatable bonds is 2. The van der Waals surface area contributed by atoms with Crippen molar-refractivity contribution in [2.45, 2.75) is 25.3 Å². The molecule has 0 atom stereocenters. The summed E-state index contributed by atoms with van der Waals surface area (Å²) in [6.07, 6.45) is 0. The zero-order chi connectivity index (χ0) is 11.0. The Balaban J connectivity index is 2.85. The normalized spacial score (nSPS) is 24.1. The second-order valence-electron chi connectivity index (χ2n) is 3.47. The lowest BCUT2D eigenvalue weighted by molar-refractivity contribution is -0.809. The third-order valence-electron chi connectivity index (χ3n) is 1.98. The zero-order valence-electron chi connectivity index (χ0n) is 7.76. The molecule has 1 rings (SSSR count). The summed E-state index contributed by atoms with van der Waals surface area (Å²) in [5.74, 6) is -1.00. The van der Waals surface area contributed by atoms with Gasteiger partial charge in [0.05, 0.1) is 0 Å². The first-order valence-corrected chi connectivity index (χ1v) is 3.87. The molecule has 1 aliphatic heterocycles. The smallest absolute Gasteiger partial charge is 0.335 e. The quantitative estimate of drug-likeness (QED) is 0.358. The second kappa shape index (κ2) is 3.14. The minimum Gasteiger partial charge on any atom is -0.335 e. The van der Waals surface area contributed by atoms with Crippen LogP contribution in [0.15, 0.2) is 0 Å².